The van der Waals surface area contributed by atoms with Crippen molar-refractivity contribution in [3.8, 4) is 0 Å². The SMILES string of the molecule is O=S(=O)(OC1c2ncccc2CC1(F)F)C(F)(F)F. The van der Waals surface area contributed by atoms with Crippen molar-refractivity contribution in [2.24, 2.45) is 0 Å². The van der Waals surface area contributed by atoms with Gasteiger partial charge in [0.05, 0.1) is 5.69 Å². The van der Waals surface area contributed by atoms with Crippen LogP contribution < -0.4 is 0 Å². The first kappa shape index (κ1) is 14.1. The zero-order valence-electron chi connectivity index (χ0n) is 8.99. The summed E-state index contributed by atoms with van der Waals surface area (Å²) in [7, 11) is -6.11. The van der Waals surface area contributed by atoms with E-state index >= 15 is 0 Å². The quantitative estimate of drug-likeness (QED) is 0.477. The molecule has 0 fully saturated rings. The van der Waals surface area contributed by atoms with Gasteiger partial charge in [0.2, 0.25) is 0 Å². The molecule has 106 valence electrons. The molecule has 1 atom stereocenters. The number of hydrogen-bond donors (Lipinski definition) is 0. The smallest absolute Gasteiger partial charge is 0.258 e. The Bertz CT molecular complexity index is 598. The van der Waals surface area contributed by atoms with Gasteiger partial charge in [-0.3, -0.25) is 4.98 Å². The summed E-state index contributed by atoms with van der Waals surface area (Å²) < 4.78 is 88.7. The van der Waals surface area contributed by atoms with E-state index in [1.165, 1.54) is 12.1 Å². The molecule has 0 N–H and O–H groups in total. The van der Waals surface area contributed by atoms with Crippen LogP contribution in [-0.2, 0) is 20.7 Å². The Morgan fingerprint density at radius 2 is 2.00 bits per heavy atom. The summed E-state index contributed by atoms with van der Waals surface area (Å²) in [4.78, 5) is 3.47. The van der Waals surface area contributed by atoms with Crippen molar-refractivity contribution in [2.75, 3.05) is 0 Å². The van der Waals surface area contributed by atoms with Gasteiger partial charge in [-0.05, 0) is 11.6 Å². The molecule has 0 aromatic carbocycles. The first-order chi connectivity index (χ1) is 8.55. The highest BCUT2D eigenvalue weighted by Gasteiger charge is 2.57. The maximum Gasteiger partial charge on any atom is 0.523 e. The summed E-state index contributed by atoms with van der Waals surface area (Å²) >= 11 is 0. The van der Waals surface area contributed by atoms with E-state index in [2.05, 4.69) is 9.17 Å². The predicted molar refractivity (Wildman–Crippen MR) is 51.7 cm³/mol. The molecule has 2 rings (SSSR count). The molecule has 1 aromatic heterocycles. The lowest BCUT2D eigenvalue weighted by Crippen LogP contribution is -2.33. The van der Waals surface area contributed by atoms with Crippen LogP contribution in [0.3, 0.4) is 0 Å². The molecule has 19 heavy (non-hydrogen) atoms. The monoisotopic (exact) mass is 303 g/mol. The minimum absolute atomic E-state index is 0.0464. The lowest BCUT2D eigenvalue weighted by atomic mass is 10.2. The van der Waals surface area contributed by atoms with Crippen molar-refractivity contribution < 1.29 is 34.6 Å². The fourth-order valence-electron chi connectivity index (χ4n) is 1.68. The lowest BCUT2D eigenvalue weighted by molar-refractivity contribution is -0.102. The normalized spacial score (nSPS) is 22.3. The van der Waals surface area contributed by atoms with E-state index in [9.17, 15) is 30.4 Å². The van der Waals surface area contributed by atoms with Gasteiger partial charge >= 0.3 is 15.6 Å². The standard InChI is InChI=1S/C9H6F5NO3S/c10-8(11)4-5-2-1-3-15-6(5)7(8)18-19(16,17)9(12,13)14/h1-3,7H,4H2. The number of pyridine rings is 1. The second-order valence-electron chi connectivity index (χ2n) is 3.86. The summed E-state index contributed by atoms with van der Waals surface area (Å²) in [5.41, 5.74) is -6.31. The number of rotatable bonds is 2. The Hall–Kier alpha value is -1.29. The summed E-state index contributed by atoms with van der Waals surface area (Å²) in [5.74, 6) is -3.77. The van der Waals surface area contributed by atoms with Crippen LogP contribution in [0.15, 0.2) is 18.3 Å². The highest BCUT2D eigenvalue weighted by Crippen LogP contribution is 2.46. The summed E-state index contributed by atoms with van der Waals surface area (Å²) in [5, 5.41) is 0. The average Bonchev–Trinajstić information content (AvgIpc) is 2.48. The molecule has 10 heteroatoms. The molecule has 0 aliphatic heterocycles. The molecule has 1 unspecified atom stereocenters. The van der Waals surface area contributed by atoms with E-state index in [4.69, 9.17) is 0 Å². The molecular weight excluding hydrogens is 297 g/mol. The molecule has 1 aromatic rings. The van der Waals surface area contributed by atoms with E-state index in [0.29, 0.717) is 0 Å². The molecule has 0 saturated carbocycles. The maximum absolute atomic E-state index is 13.5. The van der Waals surface area contributed by atoms with E-state index in [1.807, 2.05) is 0 Å². The number of halogens is 5. The first-order valence-corrected chi connectivity index (χ1v) is 6.26. The van der Waals surface area contributed by atoms with Crippen molar-refractivity contribution >= 4 is 10.1 Å². The van der Waals surface area contributed by atoms with Crippen LogP contribution in [0.2, 0.25) is 0 Å². The topological polar surface area (TPSA) is 56.3 Å². The van der Waals surface area contributed by atoms with E-state index in [1.54, 1.807) is 0 Å². The van der Waals surface area contributed by atoms with Crippen LogP contribution in [0.4, 0.5) is 22.0 Å². The number of fused-ring (bicyclic) bond motifs is 1. The minimum atomic E-state index is -6.11. The molecule has 0 spiro atoms. The summed E-state index contributed by atoms with van der Waals surface area (Å²) in [6.07, 6.45) is -2.42. The van der Waals surface area contributed by atoms with Gasteiger partial charge in [-0.1, -0.05) is 6.07 Å². The Morgan fingerprint density at radius 3 is 2.58 bits per heavy atom. The fraction of sp³-hybridized carbons (Fsp3) is 0.444. The first-order valence-electron chi connectivity index (χ1n) is 4.86. The second-order valence-corrected chi connectivity index (χ2v) is 5.43. The zero-order valence-corrected chi connectivity index (χ0v) is 9.80. The van der Waals surface area contributed by atoms with Gasteiger partial charge in [-0.2, -0.15) is 21.6 Å². The van der Waals surface area contributed by atoms with Crippen molar-refractivity contribution in [1.82, 2.24) is 4.98 Å². The van der Waals surface area contributed by atoms with Crippen LogP contribution in [-0.4, -0.2) is 24.8 Å². The molecule has 0 bridgehead atoms. The molecule has 1 aliphatic carbocycles. The van der Waals surface area contributed by atoms with Gasteiger partial charge in [0.15, 0.2) is 6.10 Å². The second kappa shape index (κ2) is 4.10. The van der Waals surface area contributed by atoms with Gasteiger partial charge in [-0.15, -0.1) is 0 Å². The van der Waals surface area contributed by atoms with Gasteiger partial charge in [0.25, 0.3) is 5.92 Å². The van der Waals surface area contributed by atoms with Crippen molar-refractivity contribution in [3.63, 3.8) is 0 Å². The number of hydrogen-bond acceptors (Lipinski definition) is 4. The maximum atomic E-state index is 13.5. The average molecular weight is 303 g/mol. The third-order valence-corrected chi connectivity index (χ3v) is 3.50. The highest BCUT2D eigenvalue weighted by molar-refractivity contribution is 7.87. The Kier molecular flexibility index (Phi) is 3.05. The van der Waals surface area contributed by atoms with Crippen molar-refractivity contribution in [2.45, 2.75) is 24.0 Å². The van der Waals surface area contributed by atoms with Crippen LogP contribution in [0.25, 0.3) is 0 Å². The molecule has 0 radical (unpaired) electrons. The van der Waals surface area contributed by atoms with E-state index in [-0.39, 0.29) is 5.56 Å². The Balaban J connectivity index is 2.40. The number of aromatic nitrogens is 1. The number of alkyl halides is 5. The van der Waals surface area contributed by atoms with Crippen LogP contribution >= 0.6 is 0 Å². The summed E-state index contributed by atoms with van der Waals surface area (Å²) in [6, 6.07) is 2.54. The Labute approximate surface area is 104 Å². The molecular formula is C9H6F5NO3S. The van der Waals surface area contributed by atoms with E-state index in [0.717, 1.165) is 6.20 Å². The molecule has 1 aliphatic rings. The van der Waals surface area contributed by atoms with Crippen LogP contribution in [0, 0.1) is 0 Å². The third kappa shape index (κ3) is 2.41. The molecule has 1 heterocycles. The van der Waals surface area contributed by atoms with Gasteiger partial charge in [-0.25, -0.2) is 13.0 Å². The van der Waals surface area contributed by atoms with Gasteiger partial charge in [0.1, 0.15) is 0 Å². The van der Waals surface area contributed by atoms with Gasteiger partial charge in [0, 0.05) is 12.6 Å². The predicted octanol–water partition coefficient (Wildman–Crippen LogP) is 2.18. The third-order valence-electron chi connectivity index (χ3n) is 2.49. The van der Waals surface area contributed by atoms with Crippen molar-refractivity contribution in [3.05, 3.63) is 29.6 Å². The largest absolute Gasteiger partial charge is 0.523 e. The molecule has 0 saturated heterocycles. The van der Waals surface area contributed by atoms with Gasteiger partial charge < -0.3 is 0 Å². The lowest BCUT2D eigenvalue weighted by Gasteiger charge is -2.19. The van der Waals surface area contributed by atoms with Crippen molar-refractivity contribution in [1.29, 1.82) is 0 Å². The minimum Gasteiger partial charge on any atom is -0.258 e. The van der Waals surface area contributed by atoms with E-state index < -0.39 is 39.8 Å². The fourth-order valence-corrected chi connectivity index (χ4v) is 2.27. The zero-order chi connectivity index (χ0) is 14.5. The molecule has 0 amide bonds. The highest BCUT2D eigenvalue weighted by atomic mass is 32.2. The van der Waals surface area contributed by atoms with Crippen LogP contribution in [0.1, 0.15) is 17.4 Å². The number of nitrogens with zero attached hydrogens (tertiary/aromatic N) is 1. The summed E-state index contributed by atoms with van der Waals surface area (Å²) in [6.45, 7) is 0. The van der Waals surface area contributed by atoms with Crippen LogP contribution in [0.5, 0.6) is 0 Å². The Morgan fingerprint density at radius 1 is 1.37 bits per heavy atom. The molecule has 4 nitrogen and oxygen atoms in total.